The van der Waals surface area contributed by atoms with Gasteiger partial charge in [-0.05, 0) is 37.5 Å². The summed E-state index contributed by atoms with van der Waals surface area (Å²) in [5, 5.41) is 18.4. The first-order chi connectivity index (χ1) is 12.2. The Balaban J connectivity index is 0.00000243. The predicted octanol–water partition coefficient (Wildman–Crippen LogP) is 3.60. The van der Waals surface area contributed by atoms with Crippen molar-refractivity contribution in [1.29, 1.82) is 0 Å². The molecule has 3 N–H and O–H groups in total. The molecule has 1 aromatic carbocycles. The van der Waals surface area contributed by atoms with Crippen molar-refractivity contribution in [3.63, 3.8) is 0 Å². The van der Waals surface area contributed by atoms with Crippen LogP contribution in [0.15, 0.2) is 41.5 Å². The van der Waals surface area contributed by atoms with Crippen LogP contribution in [0.25, 0.3) is 10.9 Å². The van der Waals surface area contributed by atoms with Crippen LogP contribution >= 0.6 is 24.0 Å². The van der Waals surface area contributed by atoms with E-state index in [1.54, 1.807) is 0 Å². The summed E-state index contributed by atoms with van der Waals surface area (Å²) in [6.07, 6.45) is 7.01. The molecule has 0 aliphatic heterocycles. The Labute approximate surface area is 172 Å². The van der Waals surface area contributed by atoms with Gasteiger partial charge >= 0.3 is 0 Å². The van der Waals surface area contributed by atoms with Crippen LogP contribution in [0.5, 0.6) is 0 Å². The van der Waals surface area contributed by atoms with Crippen LogP contribution < -0.4 is 10.6 Å². The SMILES string of the molecule is CCNC(=NCc1ccnc2ccccc12)NCC1(O)CCCCC1.I. The molecule has 6 heteroatoms. The summed E-state index contributed by atoms with van der Waals surface area (Å²) in [4.78, 5) is 9.10. The molecular weight excluding hydrogens is 439 g/mol. The number of fused-ring (bicyclic) bond motifs is 1. The molecule has 26 heavy (non-hydrogen) atoms. The first-order valence-corrected chi connectivity index (χ1v) is 9.27. The third-order valence-electron chi connectivity index (χ3n) is 4.86. The maximum Gasteiger partial charge on any atom is 0.191 e. The maximum absolute atomic E-state index is 10.7. The summed E-state index contributed by atoms with van der Waals surface area (Å²) in [7, 11) is 0. The van der Waals surface area contributed by atoms with Gasteiger partial charge in [0.25, 0.3) is 0 Å². The number of aliphatic imine (C=N–C) groups is 1. The highest BCUT2D eigenvalue weighted by atomic mass is 127. The van der Waals surface area contributed by atoms with Crippen LogP contribution in [0.1, 0.15) is 44.6 Å². The van der Waals surface area contributed by atoms with E-state index in [1.807, 2.05) is 37.4 Å². The molecule has 0 amide bonds. The molecule has 5 nitrogen and oxygen atoms in total. The summed E-state index contributed by atoms with van der Waals surface area (Å²) >= 11 is 0. The fourth-order valence-corrected chi connectivity index (χ4v) is 3.43. The van der Waals surface area contributed by atoms with Crippen molar-refractivity contribution < 1.29 is 5.11 Å². The second kappa shape index (κ2) is 10.1. The average Bonchev–Trinajstić information content (AvgIpc) is 2.64. The summed E-state index contributed by atoms with van der Waals surface area (Å²) in [6, 6.07) is 10.1. The Morgan fingerprint density at radius 1 is 1.15 bits per heavy atom. The Bertz CT molecular complexity index is 723. The predicted molar refractivity (Wildman–Crippen MR) is 118 cm³/mol. The van der Waals surface area contributed by atoms with Crippen molar-refractivity contribution in [3.8, 4) is 0 Å². The zero-order chi connectivity index (χ0) is 17.5. The number of halogens is 1. The van der Waals surface area contributed by atoms with Crippen molar-refractivity contribution in [2.24, 2.45) is 4.99 Å². The largest absolute Gasteiger partial charge is 0.388 e. The number of aliphatic hydroxyl groups is 1. The van der Waals surface area contributed by atoms with Gasteiger partial charge in [-0.3, -0.25) is 4.98 Å². The molecule has 0 saturated heterocycles. The maximum atomic E-state index is 10.7. The van der Waals surface area contributed by atoms with Crippen LogP contribution in [0, 0.1) is 0 Å². The molecule has 1 fully saturated rings. The van der Waals surface area contributed by atoms with E-state index in [2.05, 4.69) is 21.7 Å². The fraction of sp³-hybridized carbons (Fsp3) is 0.500. The zero-order valence-electron chi connectivity index (χ0n) is 15.4. The normalized spacial score (nSPS) is 16.8. The van der Waals surface area contributed by atoms with Crippen molar-refractivity contribution in [1.82, 2.24) is 15.6 Å². The number of hydrogen-bond donors (Lipinski definition) is 3. The van der Waals surface area contributed by atoms with Crippen LogP contribution in [0.2, 0.25) is 0 Å². The Kier molecular flexibility index (Phi) is 8.09. The molecule has 1 aliphatic carbocycles. The van der Waals surface area contributed by atoms with E-state index < -0.39 is 5.60 Å². The first kappa shape index (κ1) is 20.9. The molecule has 1 heterocycles. The highest BCUT2D eigenvalue weighted by molar-refractivity contribution is 14.0. The zero-order valence-corrected chi connectivity index (χ0v) is 17.7. The van der Waals surface area contributed by atoms with E-state index in [0.717, 1.165) is 54.7 Å². The molecule has 0 bridgehead atoms. The lowest BCUT2D eigenvalue weighted by molar-refractivity contribution is 0.00859. The van der Waals surface area contributed by atoms with Crippen LogP contribution in [-0.2, 0) is 6.54 Å². The monoisotopic (exact) mass is 468 g/mol. The highest BCUT2D eigenvalue weighted by Crippen LogP contribution is 2.27. The van der Waals surface area contributed by atoms with Crippen molar-refractivity contribution in [2.45, 2.75) is 51.2 Å². The topological polar surface area (TPSA) is 69.5 Å². The lowest BCUT2D eigenvalue weighted by Crippen LogP contribution is -2.48. The number of nitrogens with one attached hydrogen (secondary N) is 2. The fourth-order valence-electron chi connectivity index (χ4n) is 3.43. The number of pyridine rings is 1. The second-order valence-corrected chi connectivity index (χ2v) is 6.82. The molecule has 0 spiro atoms. The van der Waals surface area contributed by atoms with E-state index in [-0.39, 0.29) is 24.0 Å². The molecule has 2 aromatic rings. The van der Waals surface area contributed by atoms with E-state index in [4.69, 9.17) is 4.99 Å². The Hall–Kier alpha value is -1.41. The molecule has 1 aliphatic rings. The van der Waals surface area contributed by atoms with Crippen LogP contribution in [0.3, 0.4) is 0 Å². The summed E-state index contributed by atoms with van der Waals surface area (Å²) in [5.74, 6) is 0.752. The van der Waals surface area contributed by atoms with Crippen LogP contribution in [0.4, 0.5) is 0 Å². The van der Waals surface area contributed by atoms with E-state index in [1.165, 1.54) is 6.42 Å². The van der Waals surface area contributed by atoms with Crippen molar-refractivity contribution >= 4 is 40.8 Å². The second-order valence-electron chi connectivity index (χ2n) is 6.82. The third-order valence-corrected chi connectivity index (χ3v) is 4.86. The van der Waals surface area contributed by atoms with Gasteiger partial charge in [-0.2, -0.15) is 0 Å². The quantitative estimate of drug-likeness (QED) is 0.357. The molecule has 0 unspecified atom stereocenters. The van der Waals surface area contributed by atoms with E-state index in [0.29, 0.717) is 13.1 Å². The van der Waals surface area contributed by atoms with Crippen molar-refractivity contribution in [2.75, 3.05) is 13.1 Å². The molecular formula is C20H29IN4O. The number of hydrogen-bond acceptors (Lipinski definition) is 3. The smallest absolute Gasteiger partial charge is 0.191 e. The molecule has 3 rings (SSSR count). The van der Waals surface area contributed by atoms with Gasteiger partial charge in [-0.1, -0.05) is 37.5 Å². The van der Waals surface area contributed by atoms with Gasteiger partial charge in [0.15, 0.2) is 5.96 Å². The van der Waals surface area contributed by atoms with Gasteiger partial charge < -0.3 is 15.7 Å². The van der Waals surface area contributed by atoms with Gasteiger partial charge in [0, 0.05) is 24.7 Å². The summed E-state index contributed by atoms with van der Waals surface area (Å²) < 4.78 is 0. The van der Waals surface area contributed by atoms with E-state index >= 15 is 0 Å². The lowest BCUT2D eigenvalue weighted by Gasteiger charge is -2.32. The summed E-state index contributed by atoms with van der Waals surface area (Å²) in [6.45, 7) is 3.97. The first-order valence-electron chi connectivity index (χ1n) is 9.27. The van der Waals surface area contributed by atoms with Gasteiger partial charge in [0.1, 0.15) is 0 Å². The Morgan fingerprint density at radius 3 is 2.69 bits per heavy atom. The van der Waals surface area contributed by atoms with E-state index in [9.17, 15) is 5.11 Å². The Morgan fingerprint density at radius 2 is 1.92 bits per heavy atom. The third kappa shape index (κ3) is 5.54. The van der Waals surface area contributed by atoms with Crippen molar-refractivity contribution in [3.05, 3.63) is 42.1 Å². The highest BCUT2D eigenvalue weighted by Gasteiger charge is 2.29. The standard InChI is InChI=1S/C20H28N4O.HI/c1-2-21-19(24-15-20(25)11-6-3-7-12-20)23-14-16-10-13-22-18-9-5-4-8-17(16)18;/h4-5,8-10,13,25H,2-3,6-7,11-12,14-15H2,1H3,(H2,21,23,24);1H. The lowest BCUT2D eigenvalue weighted by atomic mass is 9.85. The molecule has 0 atom stereocenters. The summed E-state index contributed by atoms with van der Waals surface area (Å²) in [5.41, 5.74) is 1.54. The van der Waals surface area contributed by atoms with Gasteiger partial charge in [-0.15, -0.1) is 24.0 Å². The molecule has 1 aromatic heterocycles. The number of rotatable bonds is 5. The number of aromatic nitrogens is 1. The molecule has 142 valence electrons. The van der Waals surface area contributed by atoms with Gasteiger partial charge in [0.05, 0.1) is 17.7 Å². The molecule has 1 saturated carbocycles. The minimum atomic E-state index is -0.599. The minimum absolute atomic E-state index is 0. The molecule has 0 radical (unpaired) electrons. The number of para-hydroxylation sites is 1. The average molecular weight is 468 g/mol. The van der Waals surface area contributed by atoms with Gasteiger partial charge in [-0.25, -0.2) is 4.99 Å². The number of guanidine groups is 1. The van der Waals surface area contributed by atoms with Crippen LogP contribution in [-0.4, -0.2) is 34.7 Å². The number of nitrogens with zero attached hydrogens (tertiary/aromatic N) is 2. The van der Waals surface area contributed by atoms with Gasteiger partial charge in [0.2, 0.25) is 0 Å². The number of benzene rings is 1. The minimum Gasteiger partial charge on any atom is -0.388 e.